The Morgan fingerprint density at radius 2 is 2.08 bits per heavy atom. The number of nitrogens with one attached hydrogen (secondary N) is 1. The molecule has 0 aromatic carbocycles. The van der Waals surface area contributed by atoms with Gasteiger partial charge in [-0.1, -0.05) is 12.8 Å². The Morgan fingerprint density at radius 1 is 1.15 bits per heavy atom. The van der Waals surface area contributed by atoms with Crippen molar-refractivity contribution in [3.63, 3.8) is 0 Å². The number of hydrogen-bond acceptors (Lipinski definition) is 2. The van der Waals surface area contributed by atoms with E-state index in [1.807, 2.05) is 0 Å². The van der Waals surface area contributed by atoms with Crippen molar-refractivity contribution in [2.75, 3.05) is 26.3 Å². The number of rotatable bonds is 5. The summed E-state index contributed by atoms with van der Waals surface area (Å²) in [5.41, 5.74) is 0. The van der Waals surface area contributed by atoms with Gasteiger partial charge in [-0.15, -0.1) is 0 Å². The van der Waals surface area contributed by atoms with Crippen LogP contribution >= 0.6 is 0 Å². The van der Waals surface area contributed by atoms with Crippen LogP contribution in [0, 0.1) is 11.8 Å². The second-order valence-electron chi connectivity index (χ2n) is 4.52. The van der Waals surface area contributed by atoms with Crippen molar-refractivity contribution in [1.29, 1.82) is 0 Å². The Balaban J connectivity index is 1.46. The molecule has 0 radical (unpaired) electrons. The monoisotopic (exact) mass is 183 g/mol. The summed E-state index contributed by atoms with van der Waals surface area (Å²) in [4.78, 5) is 0. The van der Waals surface area contributed by atoms with Gasteiger partial charge in [0.15, 0.2) is 0 Å². The second kappa shape index (κ2) is 4.97. The van der Waals surface area contributed by atoms with E-state index in [4.69, 9.17) is 4.74 Å². The quantitative estimate of drug-likeness (QED) is 0.656. The first kappa shape index (κ1) is 9.47. The summed E-state index contributed by atoms with van der Waals surface area (Å²) >= 11 is 0. The van der Waals surface area contributed by atoms with Gasteiger partial charge in [0, 0.05) is 13.2 Å². The molecule has 1 heterocycles. The molecular formula is C11H21NO. The molecule has 2 rings (SSSR count). The van der Waals surface area contributed by atoms with Crippen molar-refractivity contribution in [3.8, 4) is 0 Å². The summed E-state index contributed by atoms with van der Waals surface area (Å²) in [6.07, 6.45) is 6.90. The molecule has 2 heteroatoms. The molecule has 1 unspecified atom stereocenters. The largest absolute Gasteiger partial charge is 0.381 e. The molecular weight excluding hydrogens is 162 g/mol. The number of hydrogen-bond donors (Lipinski definition) is 1. The topological polar surface area (TPSA) is 21.3 Å². The lowest BCUT2D eigenvalue weighted by Gasteiger charge is -2.22. The van der Waals surface area contributed by atoms with Crippen LogP contribution in [0.1, 0.15) is 32.1 Å². The summed E-state index contributed by atoms with van der Waals surface area (Å²) in [6.45, 7) is 4.36. The summed E-state index contributed by atoms with van der Waals surface area (Å²) in [5, 5.41) is 3.42. The van der Waals surface area contributed by atoms with Crippen molar-refractivity contribution in [2.24, 2.45) is 11.8 Å². The van der Waals surface area contributed by atoms with E-state index in [9.17, 15) is 0 Å². The summed E-state index contributed by atoms with van der Waals surface area (Å²) in [5.74, 6) is 1.80. The van der Waals surface area contributed by atoms with Crippen molar-refractivity contribution in [1.82, 2.24) is 5.32 Å². The highest BCUT2D eigenvalue weighted by Crippen LogP contribution is 2.32. The molecule has 2 aliphatic rings. The van der Waals surface area contributed by atoms with Gasteiger partial charge in [0.1, 0.15) is 0 Å². The lowest BCUT2D eigenvalue weighted by atomic mass is 10.0. The molecule has 0 aromatic heterocycles. The fourth-order valence-electron chi connectivity index (χ4n) is 1.97. The van der Waals surface area contributed by atoms with Crippen LogP contribution in [0.2, 0.25) is 0 Å². The highest BCUT2D eigenvalue weighted by molar-refractivity contribution is 4.73. The maximum absolute atomic E-state index is 5.68. The minimum absolute atomic E-state index is 0.785. The molecule has 13 heavy (non-hydrogen) atoms. The van der Waals surface area contributed by atoms with Gasteiger partial charge in [0.2, 0.25) is 0 Å². The normalized spacial score (nSPS) is 29.1. The summed E-state index contributed by atoms with van der Waals surface area (Å²) < 4.78 is 5.68. The van der Waals surface area contributed by atoms with Crippen LogP contribution in [-0.4, -0.2) is 26.3 Å². The third-order valence-corrected chi connectivity index (χ3v) is 3.12. The molecule has 1 aliphatic carbocycles. The number of ether oxygens (including phenoxy) is 1. The third-order valence-electron chi connectivity index (χ3n) is 3.12. The van der Waals surface area contributed by atoms with Crippen LogP contribution in [0.5, 0.6) is 0 Å². The average molecular weight is 183 g/mol. The molecule has 2 fully saturated rings. The molecule has 1 saturated carbocycles. The van der Waals surface area contributed by atoms with E-state index in [-0.39, 0.29) is 0 Å². The minimum Gasteiger partial charge on any atom is -0.381 e. The van der Waals surface area contributed by atoms with Gasteiger partial charge in [0.25, 0.3) is 0 Å². The van der Waals surface area contributed by atoms with E-state index in [1.54, 1.807) is 0 Å². The third kappa shape index (κ3) is 3.65. The van der Waals surface area contributed by atoms with Crippen LogP contribution in [0.4, 0.5) is 0 Å². The van der Waals surface area contributed by atoms with E-state index in [2.05, 4.69) is 5.32 Å². The lowest BCUT2D eigenvalue weighted by Crippen LogP contribution is -2.32. The van der Waals surface area contributed by atoms with Crippen LogP contribution < -0.4 is 5.32 Å². The average Bonchev–Trinajstić information content (AvgIpc) is 2.98. The van der Waals surface area contributed by atoms with Crippen LogP contribution in [0.15, 0.2) is 0 Å². The second-order valence-corrected chi connectivity index (χ2v) is 4.52. The summed E-state index contributed by atoms with van der Waals surface area (Å²) in [6, 6.07) is 0. The van der Waals surface area contributed by atoms with E-state index in [1.165, 1.54) is 45.2 Å². The molecule has 1 atom stereocenters. The molecule has 0 amide bonds. The number of piperidine rings is 1. The predicted octanol–water partition coefficient (Wildman–Crippen LogP) is 1.80. The van der Waals surface area contributed by atoms with Gasteiger partial charge in [-0.2, -0.15) is 0 Å². The van der Waals surface area contributed by atoms with Gasteiger partial charge in [-0.3, -0.25) is 0 Å². The van der Waals surface area contributed by atoms with E-state index >= 15 is 0 Å². The fraction of sp³-hybridized carbons (Fsp3) is 1.00. The molecule has 76 valence electrons. The maximum atomic E-state index is 5.68. The van der Waals surface area contributed by atoms with Crippen molar-refractivity contribution in [2.45, 2.75) is 32.1 Å². The maximum Gasteiger partial charge on any atom is 0.0506 e. The highest BCUT2D eigenvalue weighted by Gasteiger charge is 2.20. The van der Waals surface area contributed by atoms with Gasteiger partial charge in [0.05, 0.1) is 6.61 Å². The highest BCUT2D eigenvalue weighted by atomic mass is 16.5. The Kier molecular flexibility index (Phi) is 3.62. The standard InChI is InChI=1S/C11H21NO/c1-2-11(8-12-6-1)9-13-7-5-10-3-4-10/h10-12H,1-9H2. The van der Waals surface area contributed by atoms with E-state index in [0.717, 1.165) is 25.0 Å². The summed E-state index contributed by atoms with van der Waals surface area (Å²) in [7, 11) is 0. The fourth-order valence-corrected chi connectivity index (χ4v) is 1.97. The molecule has 1 N–H and O–H groups in total. The van der Waals surface area contributed by atoms with Gasteiger partial charge in [-0.05, 0) is 37.6 Å². The SMILES string of the molecule is C1CNCC(COCCC2CC2)C1. The molecule has 0 aromatic rings. The Hall–Kier alpha value is -0.0800. The van der Waals surface area contributed by atoms with Gasteiger partial charge < -0.3 is 10.1 Å². The smallest absolute Gasteiger partial charge is 0.0506 e. The predicted molar refractivity (Wildman–Crippen MR) is 53.8 cm³/mol. The van der Waals surface area contributed by atoms with Crippen molar-refractivity contribution in [3.05, 3.63) is 0 Å². The molecule has 1 aliphatic heterocycles. The van der Waals surface area contributed by atoms with Crippen LogP contribution in [0.3, 0.4) is 0 Å². The van der Waals surface area contributed by atoms with E-state index < -0.39 is 0 Å². The minimum atomic E-state index is 0.785. The Morgan fingerprint density at radius 3 is 2.77 bits per heavy atom. The van der Waals surface area contributed by atoms with Gasteiger partial charge in [-0.25, -0.2) is 0 Å². The first-order chi connectivity index (χ1) is 6.45. The van der Waals surface area contributed by atoms with Crippen LogP contribution in [-0.2, 0) is 4.74 Å². The zero-order valence-corrected chi connectivity index (χ0v) is 8.43. The zero-order valence-electron chi connectivity index (χ0n) is 8.43. The molecule has 1 saturated heterocycles. The Bertz CT molecular complexity index is 139. The van der Waals surface area contributed by atoms with Crippen molar-refractivity contribution < 1.29 is 4.74 Å². The van der Waals surface area contributed by atoms with Crippen molar-refractivity contribution >= 4 is 0 Å². The molecule has 0 bridgehead atoms. The van der Waals surface area contributed by atoms with E-state index in [0.29, 0.717) is 0 Å². The molecule has 0 spiro atoms. The zero-order chi connectivity index (χ0) is 8.93. The lowest BCUT2D eigenvalue weighted by molar-refractivity contribution is 0.0856. The van der Waals surface area contributed by atoms with Crippen LogP contribution in [0.25, 0.3) is 0 Å². The molecule has 2 nitrogen and oxygen atoms in total. The first-order valence-corrected chi connectivity index (χ1v) is 5.73. The van der Waals surface area contributed by atoms with Gasteiger partial charge >= 0.3 is 0 Å². The Labute approximate surface area is 81.0 Å². The first-order valence-electron chi connectivity index (χ1n) is 5.73.